The van der Waals surface area contributed by atoms with Crippen LogP contribution in [0.3, 0.4) is 0 Å². The Labute approximate surface area is 94.7 Å². The predicted octanol–water partition coefficient (Wildman–Crippen LogP) is 2.75. The van der Waals surface area contributed by atoms with E-state index in [2.05, 4.69) is 18.2 Å². The summed E-state index contributed by atoms with van der Waals surface area (Å²) in [6.45, 7) is 0.583. The first-order valence-electron chi connectivity index (χ1n) is 5.43. The van der Waals surface area contributed by atoms with Crippen molar-refractivity contribution < 1.29 is 4.74 Å². The SMILES string of the molecule is NC1COc2c(-c3ccccc3)cccc21. The highest BCUT2D eigenvalue weighted by molar-refractivity contribution is 5.73. The molecule has 2 heteroatoms. The lowest BCUT2D eigenvalue weighted by Crippen LogP contribution is -2.10. The molecule has 0 aromatic heterocycles. The molecule has 1 atom stereocenters. The quantitative estimate of drug-likeness (QED) is 0.787. The third-order valence-electron chi connectivity index (χ3n) is 2.94. The molecule has 2 nitrogen and oxygen atoms in total. The molecule has 0 aliphatic carbocycles. The molecule has 16 heavy (non-hydrogen) atoms. The molecule has 2 N–H and O–H groups in total. The summed E-state index contributed by atoms with van der Waals surface area (Å²) in [6, 6.07) is 16.4. The van der Waals surface area contributed by atoms with E-state index < -0.39 is 0 Å². The third-order valence-corrected chi connectivity index (χ3v) is 2.94. The van der Waals surface area contributed by atoms with Crippen LogP contribution < -0.4 is 10.5 Å². The number of nitrogens with two attached hydrogens (primary N) is 1. The van der Waals surface area contributed by atoms with E-state index in [4.69, 9.17) is 10.5 Å². The van der Waals surface area contributed by atoms with E-state index >= 15 is 0 Å². The highest BCUT2D eigenvalue weighted by atomic mass is 16.5. The molecule has 80 valence electrons. The van der Waals surface area contributed by atoms with E-state index in [1.54, 1.807) is 0 Å². The summed E-state index contributed by atoms with van der Waals surface area (Å²) >= 11 is 0. The Morgan fingerprint density at radius 1 is 1.00 bits per heavy atom. The van der Waals surface area contributed by atoms with Crippen LogP contribution in [0, 0.1) is 0 Å². The van der Waals surface area contributed by atoms with E-state index in [1.165, 1.54) is 5.56 Å². The van der Waals surface area contributed by atoms with Crippen molar-refractivity contribution in [1.29, 1.82) is 0 Å². The molecular formula is C14H13NO. The Hall–Kier alpha value is -1.80. The van der Waals surface area contributed by atoms with Crippen LogP contribution in [0.5, 0.6) is 5.75 Å². The lowest BCUT2D eigenvalue weighted by molar-refractivity contribution is 0.334. The molecule has 0 fully saturated rings. The predicted molar refractivity (Wildman–Crippen MR) is 64.3 cm³/mol. The Kier molecular flexibility index (Phi) is 2.15. The van der Waals surface area contributed by atoms with Crippen molar-refractivity contribution in [1.82, 2.24) is 0 Å². The second kappa shape index (κ2) is 3.65. The van der Waals surface area contributed by atoms with Crippen LogP contribution in [0.15, 0.2) is 48.5 Å². The lowest BCUT2D eigenvalue weighted by atomic mass is 10.00. The van der Waals surface area contributed by atoms with Crippen LogP contribution in [0.2, 0.25) is 0 Å². The standard InChI is InChI=1S/C14H13NO/c15-13-9-16-14-11(7-4-8-12(13)14)10-5-2-1-3-6-10/h1-8,13H,9,15H2. The van der Waals surface area contributed by atoms with Crippen molar-refractivity contribution in [2.75, 3.05) is 6.61 Å². The lowest BCUT2D eigenvalue weighted by Gasteiger charge is -2.07. The van der Waals surface area contributed by atoms with Gasteiger partial charge in [0.1, 0.15) is 12.4 Å². The van der Waals surface area contributed by atoms with Crippen molar-refractivity contribution in [3.63, 3.8) is 0 Å². The molecule has 0 bridgehead atoms. The zero-order valence-electron chi connectivity index (χ0n) is 8.89. The van der Waals surface area contributed by atoms with E-state index in [0.717, 1.165) is 16.9 Å². The van der Waals surface area contributed by atoms with Crippen molar-refractivity contribution in [3.8, 4) is 16.9 Å². The van der Waals surface area contributed by atoms with Gasteiger partial charge in [-0.1, -0.05) is 48.5 Å². The summed E-state index contributed by atoms with van der Waals surface area (Å²) in [4.78, 5) is 0. The molecule has 2 aromatic rings. The molecule has 1 unspecified atom stereocenters. The second-order valence-electron chi connectivity index (χ2n) is 4.01. The average molecular weight is 211 g/mol. The summed E-state index contributed by atoms with van der Waals surface area (Å²) in [5.41, 5.74) is 9.39. The maximum atomic E-state index is 5.97. The average Bonchev–Trinajstić information content (AvgIpc) is 2.73. The van der Waals surface area contributed by atoms with Gasteiger partial charge in [0.15, 0.2) is 0 Å². The minimum absolute atomic E-state index is 0.0127. The van der Waals surface area contributed by atoms with Gasteiger partial charge in [0.2, 0.25) is 0 Å². The number of fused-ring (bicyclic) bond motifs is 1. The first kappa shape index (κ1) is 9.43. The summed E-state index contributed by atoms with van der Waals surface area (Å²) in [5.74, 6) is 0.946. The zero-order valence-corrected chi connectivity index (χ0v) is 8.89. The number of hydrogen-bond acceptors (Lipinski definition) is 2. The second-order valence-corrected chi connectivity index (χ2v) is 4.01. The molecule has 0 spiro atoms. The number of benzene rings is 2. The third kappa shape index (κ3) is 1.39. The molecule has 0 saturated carbocycles. The summed E-state index contributed by atoms with van der Waals surface area (Å²) in [5, 5.41) is 0. The fourth-order valence-electron chi connectivity index (χ4n) is 2.12. The first-order valence-corrected chi connectivity index (χ1v) is 5.43. The number of para-hydroxylation sites is 1. The van der Waals surface area contributed by atoms with Gasteiger partial charge in [0.05, 0.1) is 6.04 Å². The first-order chi connectivity index (χ1) is 7.86. The largest absolute Gasteiger partial charge is 0.491 e. The zero-order chi connectivity index (χ0) is 11.0. The normalized spacial score (nSPS) is 17.9. The van der Waals surface area contributed by atoms with Gasteiger partial charge in [0, 0.05) is 11.1 Å². The summed E-state index contributed by atoms with van der Waals surface area (Å²) < 4.78 is 5.67. The number of hydrogen-bond donors (Lipinski definition) is 1. The summed E-state index contributed by atoms with van der Waals surface area (Å²) in [7, 11) is 0. The van der Waals surface area contributed by atoms with Gasteiger partial charge >= 0.3 is 0 Å². The van der Waals surface area contributed by atoms with Crippen LogP contribution in [-0.2, 0) is 0 Å². The molecule has 1 heterocycles. The van der Waals surface area contributed by atoms with E-state index in [0.29, 0.717) is 6.61 Å². The van der Waals surface area contributed by atoms with Gasteiger partial charge in [-0.25, -0.2) is 0 Å². The van der Waals surface area contributed by atoms with Crippen molar-refractivity contribution >= 4 is 0 Å². The minimum atomic E-state index is 0.0127. The van der Waals surface area contributed by atoms with E-state index in [-0.39, 0.29) is 6.04 Å². The van der Waals surface area contributed by atoms with Crippen molar-refractivity contribution in [2.45, 2.75) is 6.04 Å². The van der Waals surface area contributed by atoms with Gasteiger partial charge in [-0.3, -0.25) is 0 Å². The van der Waals surface area contributed by atoms with Crippen LogP contribution in [0.25, 0.3) is 11.1 Å². The fraction of sp³-hybridized carbons (Fsp3) is 0.143. The molecule has 0 saturated heterocycles. The number of ether oxygens (including phenoxy) is 1. The highest BCUT2D eigenvalue weighted by Crippen LogP contribution is 2.39. The molecule has 0 radical (unpaired) electrons. The Bertz CT molecular complexity index is 507. The summed E-state index contributed by atoms with van der Waals surface area (Å²) in [6.07, 6.45) is 0. The molecule has 2 aromatic carbocycles. The molecule has 1 aliphatic heterocycles. The van der Waals surface area contributed by atoms with Gasteiger partial charge in [-0.2, -0.15) is 0 Å². The molecule has 0 amide bonds. The Balaban J connectivity index is 2.17. The fourth-order valence-corrected chi connectivity index (χ4v) is 2.12. The molecular weight excluding hydrogens is 198 g/mol. The van der Waals surface area contributed by atoms with Gasteiger partial charge < -0.3 is 10.5 Å². The van der Waals surface area contributed by atoms with Gasteiger partial charge in [0.25, 0.3) is 0 Å². The smallest absolute Gasteiger partial charge is 0.132 e. The maximum Gasteiger partial charge on any atom is 0.132 e. The minimum Gasteiger partial charge on any atom is -0.491 e. The van der Waals surface area contributed by atoms with Crippen molar-refractivity contribution in [2.24, 2.45) is 5.73 Å². The topological polar surface area (TPSA) is 35.2 Å². The maximum absolute atomic E-state index is 5.97. The van der Waals surface area contributed by atoms with Crippen LogP contribution in [-0.4, -0.2) is 6.61 Å². The van der Waals surface area contributed by atoms with E-state index in [9.17, 15) is 0 Å². The highest BCUT2D eigenvalue weighted by Gasteiger charge is 2.23. The molecule has 3 rings (SSSR count). The molecule has 1 aliphatic rings. The van der Waals surface area contributed by atoms with Gasteiger partial charge in [-0.15, -0.1) is 0 Å². The Morgan fingerprint density at radius 2 is 1.81 bits per heavy atom. The Morgan fingerprint density at radius 3 is 2.62 bits per heavy atom. The van der Waals surface area contributed by atoms with Crippen molar-refractivity contribution in [3.05, 3.63) is 54.1 Å². The number of rotatable bonds is 1. The van der Waals surface area contributed by atoms with Crippen LogP contribution >= 0.6 is 0 Å². The monoisotopic (exact) mass is 211 g/mol. The van der Waals surface area contributed by atoms with E-state index in [1.807, 2.05) is 30.3 Å². The van der Waals surface area contributed by atoms with Gasteiger partial charge in [-0.05, 0) is 5.56 Å². The van der Waals surface area contributed by atoms with Crippen LogP contribution in [0.4, 0.5) is 0 Å². The van der Waals surface area contributed by atoms with Crippen LogP contribution in [0.1, 0.15) is 11.6 Å².